The Morgan fingerprint density at radius 2 is 2.04 bits per heavy atom. The fraction of sp³-hybridized carbons (Fsp3) is 0.250. The molecule has 1 N–H and O–H groups in total. The van der Waals surface area contributed by atoms with Crippen LogP contribution in [-0.2, 0) is 0 Å². The third kappa shape index (κ3) is 3.44. The summed E-state index contributed by atoms with van der Waals surface area (Å²) in [6.45, 7) is 0. The number of nitrogens with one attached hydrogen (secondary N) is 1. The number of hydrogen-bond acceptors (Lipinski definition) is 4. The average molecular weight is 348 g/mol. The third-order valence-electron chi connectivity index (χ3n) is 4.65. The van der Waals surface area contributed by atoms with E-state index in [0.29, 0.717) is 11.5 Å². The van der Waals surface area contributed by atoms with Crippen LogP contribution < -0.4 is 10.1 Å². The minimum Gasteiger partial charge on any atom is -0.497 e. The number of carbonyl (C=O) groups is 1. The number of aromatic nitrogens is 3. The Morgan fingerprint density at radius 3 is 2.69 bits per heavy atom. The molecule has 4 rings (SSSR count). The molecule has 0 saturated heterocycles. The Labute approximate surface area is 151 Å². The van der Waals surface area contributed by atoms with Crippen LogP contribution in [0.2, 0.25) is 0 Å². The zero-order valence-electron chi connectivity index (χ0n) is 14.5. The van der Waals surface area contributed by atoms with Crippen molar-refractivity contribution in [2.75, 3.05) is 7.11 Å². The van der Waals surface area contributed by atoms with Crippen LogP contribution >= 0.6 is 0 Å². The first kappa shape index (κ1) is 16.3. The summed E-state index contributed by atoms with van der Waals surface area (Å²) in [6, 6.07) is 15.3. The fourth-order valence-electron chi connectivity index (χ4n) is 3.07. The predicted molar refractivity (Wildman–Crippen MR) is 97.3 cm³/mol. The van der Waals surface area contributed by atoms with Gasteiger partial charge in [-0.05, 0) is 54.7 Å². The Balaban J connectivity index is 1.54. The quantitative estimate of drug-likeness (QED) is 0.743. The Kier molecular flexibility index (Phi) is 4.39. The SMILES string of the molecule is COc1ccc(C(NC(=O)c2cccc(-n3cncn3)c2)C2CC2)cc1. The van der Waals surface area contributed by atoms with Crippen LogP contribution in [0.3, 0.4) is 0 Å². The standard InChI is InChI=1S/C20H20N4O2/c1-26-18-9-7-15(8-10-18)19(14-5-6-14)23-20(25)16-3-2-4-17(11-16)24-13-21-12-22-24/h2-4,7-14,19H,5-6H2,1H3,(H,23,25). The van der Waals surface area contributed by atoms with Gasteiger partial charge in [-0.25, -0.2) is 9.67 Å². The van der Waals surface area contributed by atoms with Crippen molar-refractivity contribution >= 4 is 5.91 Å². The maximum atomic E-state index is 12.8. The van der Waals surface area contributed by atoms with Gasteiger partial charge in [0, 0.05) is 5.56 Å². The smallest absolute Gasteiger partial charge is 0.251 e. The summed E-state index contributed by atoms with van der Waals surface area (Å²) in [4.78, 5) is 16.8. The zero-order chi connectivity index (χ0) is 17.9. The van der Waals surface area contributed by atoms with E-state index in [2.05, 4.69) is 15.4 Å². The highest BCUT2D eigenvalue weighted by Crippen LogP contribution is 2.41. The number of ether oxygens (including phenoxy) is 1. The minimum atomic E-state index is -0.0836. The molecule has 1 atom stereocenters. The van der Waals surface area contributed by atoms with Gasteiger partial charge in [0.05, 0.1) is 18.8 Å². The molecule has 3 aromatic rings. The normalized spacial score (nSPS) is 14.7. The fourth-order valence-corrected chi connectivity index (χ4v) is 3.07. The van der Waals surface area contributed by atoms with Crippen molar-refractivity contribution in [1.29, 1.82) is 0 Å². The second-order valence-electron chi connectivity index (χ2n) is 6.45. The van der Waals surface area contributed by atoms with E-state index in [9.17, 15) is 4.79 Å². The van der Waals surface area contributed by atoms with Crippen molar-refractivity contribution in [2.45, 2.75) is 18.9 Å². The molecule has 1 unspecified atom stereocenters. The highest BCUT2D eigenvalue weighted by molar-refractivity contribution is 5.95. The highest BCUT2D eigenvalue weighted by Gasteiger charge is 2.33. The second-order valence-corrected chi connectivity index (χ2v) is 6.45. The maximum Gasteiger partial charge on any atom is 0.251 e. The van der Waals surface area contributed by atoms with Gasteiger partial charge in [-0.15, -0.1) is 0 Å². The van der Waals surface area contributed by atoms with Crippen LogP contribution in [0.5, 0.6) is 5.75 Å². The molecule has 26 heavy (non-hydrogen) atoms. The van der Waals surface area contributed by atoms with Gasteiger partial charge in [-0.1, -0.05) is 18.2 Å². The number of hydrogen-bond donors (Lipinski definition) is 1. The monoisotopic (exact) mass is 348 g/mol. The molecule has 1 amide bonds. The van der Waals surface area contributed by atoms with Crippen LogP contribution in [0.25, 0.3) is 5.69 Å². The largest absolute Gasteiger partial charge is 0.497 e. The summed E-state index contributed by atoms with van der Waals surface area (Å²) < 4.78 is 6.86. The molecule has 1 aliphatic rings. The summed E-state index contributed by atoms with van der Waals surface area (Å²) in [5.41, 5.74) is 2.52. The number of methoxy groups -OCH3 is 1. The van der Waals surface area contributed by atoms with Crippen molar-refractivity contribution in [3.05, 3.63) is 72.3 Å². The lowest BCUT2D eigenvalue weighted by Crippen LogP contribution is -2.30. The van der Waals surface area contributed by atoms with Crippen LogP contribution in [0.1, 0.15) is 34.8 Å². The lowest BCUT2D eigenvalue weighted by atomic mass is 10.0. The molecule has 1 aromatic heterocycles. The molecular formula is C20H20N4O2. The van der Waals surface area contributed by atoms with E-state index in [-0.39, 0.29) is 11.9 Å². The topological polar surface area (TPSA) is 69.0 Å². The van der Waals surface area contributed by atoms with E-state index in [1.54, 1.807) is 18.1 Å². The third-order valence-corrected chi connectivity index (χ3v) is 4.65. The van der Waals surface area contributed by atoms with Gasteiger partial charge in [0.15, 0.2) is 0 Å². The van der Waals surface area contributed by atoms with Crippen LogP contribution in [0.15, 0.2) is 61.2 Å². The maximum absolute atomic E-state index is 12.8. The first-order valence-electron chi connectivity index (χ1n) is 8.64. The van der Waals surface area contributed by atoms with Gasteiger partial charge in [0.25, 0.3) is 5.91 Å². The number of benzene rings is 2. The van der Waals surface area contributed by atoms with E-state index >= 15 is 0 Å². The Morgan fingerprint density at radius 1 is 1.23 bits per heavy atom. The molecule has 1 saturated carbocycles. The average Bonchev–Trinajstić information content (AvgIpc) is 3.38. The summed E-state index contributed by atoms with van der Waals surface area (Å²) in [6.07, 6.45) is 5.35. The van der Waals surface area contributed by atoms with E-state index in [1.807, 2.05) is 48.5 Å². The summed E-state index contributed by atoms with van der Waals surface area (Å²) in [7, 11) is 1.65. The molecule has 1 heterocycles. The predicted octanol–water partition coefficient (Wildman–Crippen LogP) is 3.16. The van der Waals surface area contributed by atoms with E-state index in [4.69, 9.17) is 4.74 Å². The van der Waals surface area contributed by atoms with Crippen molar-refractivity contribution in [1.82, 2.24) is 20.1 Å². The van der Waals surface area contributed by atoms with E-state index < -0.39 is 0 Å². The number of carbonyl (C=O) groups excluding carboxylic acids is 1. The molecule has 0 aliphatic heterocycles. The summed E-state index contributed by atoms with van der Waals surface area (Å²) in [5.74, 6) is 1.22. The van der Waals surface area contributed by atoms with Gasteiger partial charge in [-0.3, -0.25) is 4.79 Å². The minimum absolute atomic E-state index is 0.0171. The molecule has 0 bridgehead atoms. The molecule has 0 spiro atoms. The van der Waals surface area contributed by atoms with Crippen molar-refractivity contribution in [2.24, 2.45) is 5.92 Å². The van der Waals surface area contributed by atoms with E-state index in [1.165, 1.54) is 6.33 Å². The molecule has 1 aliphatic carbocycles. The van der Waals surface area contributed by atoms with Crippen LogP contribution in [0, 0.1) is 5.92 Å². The Hall–Kier alpha value is -3.15. The molecule has 6 nitrogen and oxygen atoms in total. The zero-order valence-corrected chi connectivity index (χ0v) is 14.5. The van der Waals surface area contributed by atoms with Crippen molar-refractivity contribution < 1.29 is 9.53 Å². The molecule has 2 aromatic carbocycles. The summed E-state index contributed by atoms with van der Waals surface area (Å²) >= 11 is 0. The lowest BCUT2D eigenvalue weighted by Gasteiger charge is -2.19. The lowest BCUT2D eigenvalue weighted by molar-refractivity contribution is 0.0931. The van der Waals surface area contributed by atoms with Gasteiger partial charge in [-0.2, -0.15) is 5.10 Å². The molecule has 6 heteroatoms. The van der Waals surface area contributed by atoms with Crippen LogP contribution in [0.4, 0.5) is 0 Å². The van der Waals surface area contributed by atoms with Crippen LogP contribution in [-0.4, -0.2) is 27.8 Å². The molecule has 132 valence electrons. The van der Waals surface area contributed by atoms with Gasteiger partial charge in [0.2, 0.25) is 0 Å². The van der Waals surface area contributed by atoms with Gasteiger partial charge >= 0.3 is 0 Å². The molecule has 0 radical (unpaired) electrons. The second kappa shape index (κ2) is 7.00. The number of nitrogens with zero attached hydrogens (tertiary/aromatic N) is 3. The summed E-state index contributed by atoms with van der Waals surface area (Å²) in [5, 5.41) is 7.31. The van der Waals surface area contributed by atoms with E-state index in [0.717, 1.165) is 29.8 Å². The first-order valence-corrected chi connectivity index (χ1v) is 8.64. The number of rotatable bonds is 6. The molecule has 1 fully saturated rings. The Bertz CT molecular complexity index is 886. The van der Waals surface area contributed by atoms with Gasteiger partial charge in [0.1, 0.15) is 18.4 Å². The van der Waals surface area contributed by atoms with Crippen molar-refractivity contribution in [3.8, 4) is 11.4 Å². The van der Waals surface area contributed by atoms with Crippen molar-refractivity contribution in [3.63, 3.8) is 0 Å². The first-order chi connectivity index (χ1) is 12.7. The number of amides is 1. The molecular weight excluding hydrogens is 328 g/mol. The highest BCUT2D eigenvalue weighted by atomic mass is 16.5. The van der Waals surface area contributed by atoms with Gasteiger partial charge < -0.3 is 10.1 Å².